The fourth-order valence-electron chi connectivity index (χ4n) is 4.59. The van der Waals surface area contributed by atoms with E-state index in [0.717, 1.165) is 16.7 Å². The molecule has 0 saturated carbocycles. The van der Waals surface area contributed by atoms with Crippen molar-refractivity contribution in [2.24, 2.45) is 0 Å². The lowest BCUT2D eigenvalue weighted by atomic mass is 9.86. The zero-order chi connectivity index (χ0) is 23.2. The first kappa shape index (κ1) is 23.5. The average molecular weight is 463 g/mol. The summed E-state index contributed by atoms with van der Waals surface area (Å²) < 4.78 is 11.9. The first-order chi connectivity index (χ1) is 15.2. The Hall–Kier alpha value is -1.67. The molecule has 4 rings (SSSR count). The van der Waals surface area contributed by atoms with E-state index in [1.807, 2.05) is 13.0 Å². The molecule has 2 heterocycles. The van der Waals surface area contributed by atoms with E-state index < -0.39 is 37.1 Å². The van der Waals surface area contributed by atoms with Crippen LogP contribution in [0.4, 0.5) is 0 Å². The first-order valence-electron chi connectivity index (χ1n) is 11.1. The lowest BCUT2D eigenvalue weighted by molar-refractivity contribution is -0.231. The fraction of sp³-hybridized carbons (Fsp3) is 0.520. The normalized spacial score (nSPS) is 29.8. The number of halogens is 1. The third-order valence-corrected chi connectivity index (χ3v) is 6.90. The Balaban J connectivity index is 1.74. The molecule has 6 unspecified atom stereocenters. The molecule has 2 aromatic rings. The van der Waals surface area contributed by atoms with Gasteiger partial charge in [0.1, 0.15) is 42.4 Å². The van der Waals surface area contributed by atoms with Crippen molar-refractivity contribution < 1.29 is 29.9 Å². The smallest absolute Gasteiger partial charge is 0.142 e. The highest BCUT2D eigenvalue weighted by Gasteiger charge is 2.45. The van der Waals surface area contributed by atoms with Gasteiger partial charge in [0.2, 0.25) is 0 Å². The molecule has 6 atom stereocenters. The number of aliphatic hydroxyl groups is 4. The van der Waals surface area contributed by atoms with Crippen LogP contribution in [0, 0.1) is 0 Å². The molecule has 2 aromatic carbocycles. The maximum absolute atomic E-state index is 10.7. The summed E-state index contributed by atoms with van der Waals surface area (Å²) in [7, 11) is 0. The third kappa shape index (κ3) is 4.28. The third-order valence-electron chi connectivity index (χ3n) is 6.48. The zero-order valence-corrected chi connectivity index (χ0v) is 19.3. The molecule has 32 heavy (non-hydrogen) atoms. The molecule has 1 fully saturated rings. The van der Waals surface area contributed by atoms with Crippen molar-refractivity contribution in [3.05, 3.63) is 63.2 Å². The van der Waals surface area contributed by atoms with Gasteiger partial charge in [-0.05, 0) is 41.5 Å². The maximum Gasteiger partial charge on any atom is 0.142 e. The molecule has 2 aliphatic heterocycles. The molecule has 7 heteroatoms. The predicted molar refractivity (Wildman–Crippen MR) is 121 cm³/mol. The van der Waals surface area contributed by atoms with Gasteiger partial charge in [0, 0.05) is 12.0 Å². The molecule has 6 nitrogen and oxygen atoms in total. The molecule has 0 radical (unpaired) electrons. The topological polar surface area (TPSA) is 99.4 Å². The van der Waals surface area contributed by atoms with Crippen molar-refractivity contribution >= 4 is 11.6 Å². The zero-order valence-electron chi connectivity index (χ0n) is 18.5. The van der Waals surface area contributed by atoms with E-state index in [1.165, 1.54) is 5.56 Å². The molecule has 1 saturated heterocycles. The number of aliphatic hydroxyl groups excluding tert-OH is 4. The van der Waals surface area contributed by atoms with Crippen molar-refractivity contribution in [1.82, 2.24) is 0 Å². The average Bonchev–Trinajstić information content (AvgIpc) is 3.17. The van der Waals surface area contributed by atoms with Gasteiger partial charge in [0.15, 0.2) is 0 Å². The van der Waals surface area contributed by atoms with Gasteiger partial charge in [0.25, 0.3) is 0 Å². The summed E-state index contributed by atoms with van der Waals surface area (Å²) in [5, 5.41) is 41.3. The molecule has 174 valence electrons. The number of ether oxygens (including phenoxy) is 2. The van der Waals surface area contributed by atoms with Gasteiger partial charge >= 0.3 is 0 Å². The molecular weight excluding hydrogens is 432 g/mol. The summed E-state index contributed by atoms with van der Waals surface area (Å²) in [5.41, 5.74) is 4.66. The Kier molecular flexibility index (Phi) is 6.82. The van der Waals surface area contributed by atoms with Crippen LogP contribution in [0.15, 0.2) is 30.3 Å². The lowest BCUT2D eigenvalue weighted by Crippen LogP contribution is -2.55. The second-order valence-corrected chi connectivity index (χ2v) is 9.58. The van der Waals surface area contributed by atoms with Crippen molar-refractivity contribution in [3.63, 3.8) is 0 Å². The molecule has 0 amide bonds. The fourth-order valence-corrected chi connectivity index (χ4v) is 4.87. The second-order valence-electron chi connectivity index (χ2n) is 9.20. The summed E-state index contributed by atoms with van der Waals surface area (Å²) >= 11 is 6.75. The van der Waals surface area contributed by atoms with E-state index in [4.69, 9.17) is 21.1 Å². The molecule has 2 aliphatic rings. The highest BCUT2D eigenvalue weighted by Crippen LogP contribution is 2.46. The number of hydrogen-bond acceptors (Lipinski definition) is 6. The van der Waals surface area contributed by atoms with Crippen LogP contribution in [0.25, 0.3) is 0 Å². The van der Waals surface area contributed by atoms with Crippen LogP contribution in [0.2, 0.25) is 5.02 Å². The van der Waals surface area contributed by atoms with Crippen molar-refractivity contribution in [1.29, 1.82) is 0 Å². The van der Waals surface area contributed by atoms with Gasteiger partial charge in [-0.3, -0.25) is 0 Å². The molecule has 0 aliphatic carbocycles. The van der Waals surface area contributed by atoms with Crippen molar-refractivity contribution in [2.75, 3.05) is 6.61 Å². The van der Waals surface area contributed by atoms with Crippen molar-refractivity contribution in [3.8, 4) is 5.75 Å². The Morgan fingerprint density at radius 3 is 2.38 bits per heavy atom. The SMILES string of the molecule is CC1Cc2c(C3OC(CO)C(O)C(O)C3O)cc(Cc3ccc(C(C)C)cc3)c(Cl)c2O1. The highest BCUT2D eigenvalue weighted by atomic mass is 35.5. The molecule has 4 N–H and O–H groups in total. The van der Waals surface area contributed by atoms with Crippen molar-refractivity contribution in [2.45, 2.75) is 76.2 Å². The van der Waals surface area contributed by atoms with E-state index in [9.17, 15) is 20.4 Å². The van der Waals surface area contributed by atoms with E-state index in [1.54, 1.807) is 0 Å². The summed E-state index contributed by atoms with van der Waals surface area (Å²) in [6, 6.07) is 10.3. The van der Waals surface area contributed by atoms with Gasteiger partial charge in [-0.25, -0.2) is 0 Å². The Bertz CT molecular complexity index is 958. The summed E-state index contributed by atoms with van der Waals surface area (Å²) in [6.45, 7) is 5.77. The largest absolute Gasteiger partial charge is 0.488 e. The minimum Gasteiger partial charge on any atom is -0.488 e. The minimum absolute atomic E-state index is 0.0910. The van der Waals surface area contributed by atoms with Crippen LogP contribution in [-0.2, 0) is 17.6 Å². The van der Waals surface area contributed by atoms with Crippen LogP contribution < -0.4 is 4.74 Å². The van der Waals surface area contributed by atoms with Gasteiger partial charge in [-0.2, -0.15) is 0 Å². The Labute approximate surface area is 193 Å². The number of rotatable bonds is 5. The number of hydrogen-bond donors (Lipinski definition) is 4. The van der Waals surface area contributed by atoms with Crippen LogP contribution in [0.3, 0.4) is 0 Å². The van der Waals surface area contributed by atoms with Crippen LogP contribution in [0.1, 0.15) is 60.6 Å². The van der Waals surface area contributed by atoms with E-state index in [0.29, 0.717) is 35.1 Å². The minimum atomic E-state index is -1.44. The quantitative estimate of drug-likeness (QED) is 0.545. The summed E-state index contributed by atoms with van der Waals surface area (Å²) in [6.07, 6.45) is -5.04. The number of fused-ring (bicyclic) bond motifs is 1. The Morgan fingerprint density at radius 1 is 1.06 bits per heavy atom. The molecule has 0 bridgehead atoms. The van der Waals surface area contributed by atoms with Gasteiger partial charge in [-0.15, -0.1) is 0 Å². The lowest BCUT2D eigenvalue weighted by Gasteiger charge is -2.40. The van der Waals surface area contributed by atoms with E-state index in [-0.39, 0.29) is 6.10 Å². The molecule has 0 spiro atoms. The molecular formula is C25H31ClO6. The van der Waals surface area contributed by atoms with Crippen LogP contribution in [0.5, 0.6) is 5.75 Å². The van der Waals surface area contributed by atoms with Gasteiger partial charge in [0.05, 0.1) is 11.6 Å². The van der Waals surface area contributed by atoms with Crippen LogP contribution in [-0.4, -0.2) is 57.6 Å². The molecule has 0 aromatic heterocycles. The van der Waals surface area contributed by atoms with Gasteiger partial charge < -0.3 is 29.9 Å². The summed E-state index contributed by atoms with van der Waals surface area (Å²) in [5.74, 6) is 1.02. The van der Waals surface area contributed by atoms with Crippen LogP contribution >= 0.6 is 11.6 Å². The van der Waals surface area contributed by atoms with E-state index in [2.05, 4.69) is 38.1 Å². The maximum atomic E-state index is 10.7. The summed E-state index contributed by atoms with van der Waals surface area (Å²) in [4.78, 5) is 0. The highest BCUT2D eigenvalue weighted by molar-refractivity contribution is 6.33. The monoisotopic (exact) mass is 462 g/mol. The Morgan fingerprint density at radius 2 is 1.75 bits per heavy atom. The standard InChI is InChI=1S/C25H31ClO6/c1-12(2)15-6-4-14(5-7-15)9-16-10-18(17-8-13(3)31-24(17)20(16)26)25-23(30)22(29)21(28)19(11-27)32-25/h4-7,10,12-13,19,21-23,25,27-30H,8-9,11H2,1-3H3. The van der Waals surface area contributed by atoms with E-state index >= 15 is 0 Å². The second kappa shape index (κ2) is 9.29. The first-order valence-corrected chi connectivity index (χ1v) is 11.5. The van der Waals surface area contributed by atoms with Gasteiger partial charge in [-0.1, -0.05) is 55.8 Å². The predicted octanol–water partition coefficient (Wildman–Crippen LogP) is 2.89. The number of benzene rings is 2.